The van der Waals surface area contributed by atoms with Gasteiger partial charge in [-0.15, -0.1) is 0 Å². The Kier molecular flexibility index (Phi) is 10.5. The average molecular weight is 641 g/mol. The summed E-state index contributed by atoms with van der Waals surface area (Å²) >= 11 is 0. The smallest absolute Gasteiger partial charge is 0.271 e. The van der Waals surface area contributed by atoms with Gasteiger partial charge in [0.2, 0.25) is 0 Å². The standard InChI is InChI=1S/C35H36N4O8/c1-44-26-9-4-23(5-10-26)22-38-18-16-28(17-19-38)47-33-21-29(46-3)13-15-31(33)35(41)37-32-20-25(39(42)43)8-14-30(32)34(40)36-24-6-11-27(45-2)12-7-24/h4-15,20-21,28H,16-19,22H2,1-3H3,(H,36,40)(H,37,41). The van der Waals surface area contributed by atoms with Crippen LogP contribution in [0, 0.1) is 10.1 Å². The molecule has 0 radical (unpaired) electrons. The number of methoxy groups -OCH3 is 3. The first kappa shape index (κ1) is 32.8. The molecule has 4 aromatic rings. The highest BCUT2D eigenvalue weighted by Crippen LogP contribution is 2.31. The van der Waals surface area contributed by atoms with Crippen molar-refractivity contribution in [2.45, 2.75) is 25.5 Å². The molecule has 0 saturated carbocycles. The molecule has 0 atom stereocenters. The van der Waals surface area contributed by atoms with Gasteiger partial charge in [-0.3, -0.25) is 24.6 Å². The van der Waals surface area contributed by atoms with Crippen LogP contribution < -0.4 is 29.6 Å². The minimum absolute atomic E-state index is 0.0242. The Bertz CT molecular complexity index is 1720. The third-order valence-corrected chi connectivity index (χ3v) is 7.88. The largest absolute Gasteiger partial charge is 0.497 e. The van der Waals surface area contributed by atoms with E-state index in [9.17, 15) is 19.7 Å². The lowest BCUT2D eigenvalue weighted by Crippen LogP contribution is -2.38. The summed E-state index contributed by atoms with van der Waals surface area (Å²) in [6, 6.07) is 23.2. The van der Waals surface area contributed by atoms with Gasteiger partial charge >= 0.3 is 0 Å². The van der Waals surface area contributed by atoms with Crippen LogP contribution in [0.25, 0.3) is 0 Å². The Balaban J connectivity index is 1.31. The fourth-order valence-electron chi connectivity index (χ4n) is 5.28. The van der Waals surface area contributed by atoms with Gasteiger partial charge in [-0.25, -0.2) is 0 Å². The molecular formula is C35H36N4O8. The van der Waals surface area contributed by atoms with E-state index in [1.807, 2.05) is 12.1 Å². The zero-order chi connectivity index (χ0) is 33.3. The molecular weight excluding hydrogens is 604 g/mol. The summed E-state index contributed by atoms with van der Waals surface area (Å²) in [6.07, 6.45) is 1.34. The molecule has 1 fully saturated rings. The molecule has 244 valence electrons. The summed E-state index contributed by atoms with van der Waals surface area (Å²) in [7, 11) is 4.70. The monoisotopic (exact) mass is 640 g/mol. The van der Waals surface area contributed by atoms with Crippen molar-refractivity contribution in [1.82, 2.24) is 4.90 Å². The predicted octanol–water partition coefficient (Wildman–Crippen LogP) is 6.17. The van der Waals surface area contributed by atoms with Crippen LogP contribution in [0.5, 0.6) is 23.0 Å². The van der Waals surface area contributed by atoms with Gasteiger partial charge in [-0.2, -0.15) is 0 Å². The highest BCUT2D eigenvalue weighted by atomic mass is 16.6. The molecule has 47 heavy (non-hydrogen) atoms. The number of rotatable bonds is 12. The van der Waals surface area contributed by atoms with Crippen LogP contribution in [0.3, 0.4) is 0 Å². The highest BCUT2D eigenvalue weighted by molar-refractivity contribution is 6.13. The number of non-ortho nitro benzene ring substituents is 1. The Morgan fingerprint density at radius 3 is 1.96 bits per heavy atom. The Morgan fingerprint density at radius 1 is 0.766 bits per heavy atom. The van der Waals surface area contributed by atoms with Gasteiger partial charge in [-0.05, 0) is 73.0 Å². The summed E-state index contributed by atoms with van der Waals surface area (Å²) in [5.41, 5.74) is 1.60. The van der Waals surface area contributed by atoms with Gasteiger partial charge in [0.15, 0.2) is 0 Å². The quantitative estimate of drug-likeness (QED) is 0.137. The summed E-state index contributed by atoms with van der Waals surface area (Å²) in [4.78, 5) is 40.3. The molecule has 0 spiro atoms. The van der Waals surface area contributed by atoms with Crippen molar-refractivity contribution in [3.63, 3.8) is 0 Å². The van der Waals surface area contributed by atoms with Gasteiger partial charge in [0.05, 0.1) is 43.1 Å². The van der Waals surface area contributed by atoms with Crippen LogP contribution in [0.15, 0.2) is 84.9 Å². The molecule has 1 aliphatic rings. The van der Waals surface area contributed by atoms with Gasteiger partial charge in [-0.1, -0.05) is 12.1 Å². The summed E-state index contributed by atoms with van der Waals surface area (Å²) < 4.78 is 22.2. The maximum Gasteiger partial charge on any atom is 0.271 e. The highest BCUT2D eigenvalue weighted by Gasteiger charge is 2.25. The second kappa shape index (κ2) is 15.1. The van der Waals surface area contributed by atoms with Crippen molar-refractivity contribution >= 4 is 28.9 Å². The van der Waals surface area contributed by atoms with E-state index in [0.29, 0.717) is 22.9 Å². The Labute approximate surface area is 272 Å². The van der Waals surface area contributed by atoms with E-state index in [1.54, 1.807) is 49.6 Å². The summed E-state index contributed by atoms with van der Waals surface area (Å²) in [6.45, 7) is 2.42. The molecule has 0 unspecified atom stereocenters. The van der Waals surface area contributed by atoms with Crippen LogP contribution in [-0.2, 0) is 6.54 Å². The molecule has 12 nitrogen and oxygen atoms in total. The number of piperidine rings is 1. The lowest BCUT2D eigenvalue weighted by atomic mass is 10.1. The second-order valence-electron chi connectivity index (χ2n) is 10.9. The number of benzene rings is 4. The van der Waals surface area contributed by atoms with E-state index in [4.69, 9.17) is 18.9 Å². The molecule has 1 saturated heterocycles. The van der Waals surface area contributed by atoms with Crippen LogP contribution in [0.4, 0.5) is 17.1 Å². The number of hydrogen-bond donors (Lipinski definition) is 2. The van der Waals surface area contributed by atoms with E-state index < -0.39 is 16.7 Å². The molecule has 1 aliphatic heterocycles. The number of carbonyl (C=O) groups is 2. The number of nitrogens with one attached hydrogen (secondary N) is 2. The average Bonchev–Trinajstić information content (AvgIpc) is 3.09. The van der Waals surface area contributed by atoms with Gasteiger partial charge in [0, 0.05) is 43.5 Å². The minimum Gasteiger partial charge on any atom is -0.497 e. The molecule has 0 bridgehead atoms. The maximum absolute atomic E-state index is 13.7. The molecule has 0 aromatic heterocycles. The van der Waals surface area contributed by atoms with Crippen LogP contribution in [0.2, 0.25) is 0 Å². The molecule has 2 amide bonds. The fraction of sp³-hybridized carbons (Fsp3) is 0.257. The van der Waals surface area contributed by atoms with E-state index in [0.717, 1.165) is 44.3 Å². The molecule has 5 rings (SSSR count). The first-order valence-corrected chi connectivity index (χ1v) is 15.0. The number of nitro benzene ring substituents is 1. The lowest BCUT2D eigenvalue weighted by molar-refractivity contribution is -0.384. The van der Waals surface area contributed by atoms with Crippen molar-refractivity contribution in [3.8, 4) is 23.0 Å². The molecule has 1 heterocycles. The summed E-state index contributed by atoms with van der Waals surface area (Å²) in [5, 5.41) is 17.0. The van der Waals surface area contributed by atoms with Crippen molar-refractivity contribution in [2.24, 2.45) is 0 Å². The number of carbonyl (C=O) groups excluding carboxylic acids is 2. The van der Waals surface area contributed by atoms with Crippen molar-refractivity contribution in [2.75, 3.05) is 45.1 Å². The number of amides is 2. The number of nitro groups is 1. The minimum atomic E-state index is -0.599. The maximum atomic E-state index is 13.7. The Morgan fingerprint density at radius 2 is 1.34 bits per heavy atom. The molecule has 12 heteroatoms. The third-order valence-electron chi connectivity index (χ3n) is 7.88. The number of hydrogen-bond acceptors (Lipinski definition) is 9. The van der Waals surface area contributed by atoms with Crippen LogP contribution in [-0.4, -0.2) is 62.2 Å². The molecule has 4 aromatic carbocycles. The van der Waals surface area contributed by atoms with Crippen molar-refractivity contribution in [3.05, 3.63) is 112 Å². The summed E-state index contributed by atoms with van der Waals surface area (Å²) in [5.74, 6) is 1.08. The van der Waals surface area contributed by atoms with Crippen LogP contribution in [0.1, 0.15) is 39.1 Å². The first-order valence-electron chi connectivity index (χ1n) is 15.0. The number of nitrogens with zero attached hydrogens (tertiary/aromatic N) is 2. The topological polar surface area (TPSA) is 142 Å². The van der Waals surface area contributed by atoms with Crippen molar-refractivity contribution in [1.29, 1.82) is 0 Å². The fourth-order valence-corrected chi connectivity index (χ4v) is 5.28. The Hall–Kier alpha value is -5.62. The lowest BCUT2D eigenvalue weighted by Gasteiger charge is -2.32. The first-order chi connectivity index (χ1) is 22.8. The molecule has 0 aliphatic carbocycles. The van der Waals surface area contributed by atoms with E-state index in [-0.39, 0.29) is 28.6 Å². The van der Waals surface area contributed by atoms with Gasteiger partial charge in [0.25, 0.3) is 17.5 Å². The van der Waals surface area contributed by atoms with Gasteiger partial charge < -0.3 is 29.6 Å². The normalized spacial score (nSPS) is 13.3. The number of likely N-dealkylation sites (tertiary alicyclic amines) is 1. The van der Waals surface area contributed by atoms with E-state index in [1.165, 1.54) is 31.9 Å². The predicted molar refractivity (Wildman–Crippen MR) is 177 cm³/mol. The van der Waals surface area contributed by atoms with E-state index in [2.05, 4.69) is 27.7 Å². The zero-order valence-electron chi connectivity index (χ0n) is 26.4. The van der Waals surface area contributed by atoms with E-state index >= 15 is 0 Å². The number of ether oxygens (including phenoxy) is 4. The SMILES string of the molecule is COc1ccc(CN2CCC(Oc3cc(OC)ccc3C(=O)Nc3cc([N+](=O)[O-])ccc3C(=O)Nc3ccc(OC)cc3)CC2)cc1. The van der Waals surface area contributed by atoms with Gasteiger partial charge in [0.1, 0.15) is 29.1 Å². The third kappa shape index (κ3) is 8.35. The van der Waals surface area contributed by atoms with Crippen molar-refractivity contribution < 1.29 is 33.5 Å². The second-order valence-corrected chi connectivity index (χ2v) is 10.9. The number of anilines is 2. The molecule has 2 N–H and O–H groups in total. The zero-order valence-corrected chi connectivity index (χ0v) is 26.4. The van der Waals surface area contributed by atoms with Crippen LogP contribution >= 0.6 is 0 Å².